The average molecular weight is 379 g/mol. The summed E-state index contributed by atoms with van der Waals surface area (Å²) in [5, 5.41) is 2.69. The molecular formula is C17H21N3O5S. The van der Waals surface area contributed by atoms with E-state index in [1.165, 1.54) is 37.8 Å². The van der Waals surface area contributed by atoms with E-state index in [4.69, 9.17) is 4.74 Å². The second kappa shape index (κ2) is 7.71. The van der Waals surface area contributed by atoms with Gasteiger partial charge in [-0.3, -0.25) is 4.79 Å². The Labute approximate surface area is 152 Å². The smallest absolute Gasteiger partial charge is 0.355 e. The molecule has 0 saturated heterocycles. The van der Waals surface area contributed by atoms with Crippen LogP contribution in [0.15, 0.2) is 41.4 Å². The number of anilines is 1. The lowest BCUT2D eigenvalue weighted by Gasteiger charge is -2.14. The lowest BCUT2D eigenvalue weighted by molar-refractivity contribution is -0.123. The van der Waals surface area contributed by atoms with Gasteiger partial charge < -0.3 is 14.6 Å². The summed E-state index contributed by atoms with van der Waals surface area (Å²) in [5.74, 6) is -1.28. The van der Waals surface area contributed by atoms with Crippen molar-refractivity contribution in [2.45, 2.75) is 24.8 Å². The molecule has 0 bridgehead atoms. The number of carbonyl (C=O) groups excluding carboxylic acids is 2. The summed E-state index contributed by atoms with van der Waals surface area (Å²) in [6.07, 6.45) is 0.238. The molecule has 2 aromatic rings. The number of esters is 1. The van der Waals surface area contributed by atoms with Crippen molar-refractivity contribution < 1.29 is 22.7 Å². The fraction of sp³-hybridized carbons (Fsp3) is 0.294. The predicted molar refractivity (Wildman–Crippen MR) is 96.3 cm³/mol. The summed E-state index contributed by atoms with van der Waals surface area (Å²) in [5.41, 5.74) is 1.53. The van der Waals surface area contributed by atoms with E-state index < -0.39 is 28.0 Å². The van der Waals surface area contributed by atoms with Gasteiger partial charge in [-0.25, -0.2) is 17.9 Å². The standard InChI is InChI=1S/C17H21N3O5S/c1-11-7-5-6-8-14(11)19-16(21)12(2)25-17(22)15-9-13(10-20(15)4)26(23,24)18-3/h5-10,12,18H,1-4H3,(H,19,21). The van der Waals surface area contributed by atoms with Crippen LogP contribution in [0.2, 0.25) is 0 Å². The number of hydrogen-bond donors (Lipinski definition) is 2. The Kier molecular flexibility index (Phi) is 5.83. The zero-order chi connectivity index (χ0) is 19.5. The van der Waals surface area contributed by atoms with Gasteiger partial charge in [0.1, 0.15) is 10.6 Å². The van der Waals surface area contributed by atoms with Crippen molar-refractivity contribution in [3.63, 3.8) is 0 Å². The van der Waals surface area contributed by atoms with Gasteiger partial charge in [-0.2, -0.15) is 0 Å². The maximum Gasteiger partial charge on any atom is 0.355 e. The number of nitrogens with zero attached hydrogens (tertiary/aromatic N) is 1. The van der Waals surface area contributed by atoms with Gasteiger partial charge in [0.2, 0.25) is 10.0 Å². The van der Waals surface area contributed by atoms with Crippen molar-refractivity contribution in [2.24, 2.45) is 7.05 Å². The third-order valence-corrected chi connectivity index (χ3v) is 5.21. The summed E-state index contributed by atoms with van der Waals surface area (Å²) >= 11 is 0. The Hall–Kier alpha value is -2.65. The molecule has 0 fully saturated rings. The number of aromatic nitrogens is 1. The summed E-state index contributed by atoms with van der Waals surface area (Å²) in [6, 6.07) is 8.42. The minimum atomic E-state index is -3.68. The number of ether oxygens (including phenoxy) is 1. The number of nitrogens with one attached hydrogen (secondary N) is 2. The molecule has 0 radical (unpaired) electrons. The Bertz CT molecular complexity index is 934. The summed E-state index contributed by atoms with van der Waals surface area (Å²) in [6.45, 7) is 3.29. The molecule has 1 atom stereocenters. The first-order valence-electron chi connectivity index (χ1n) is 7.83. The fourth-order valence-corrected chi connectivity index (χ4v) is 3.02. The van der Waals surface area contributed by atoms with Crippen LogP contribution in [0.1, 0.15) is 23.0 Å². The molecule has 1 unspecified atom stereocenters. The van der Waals surface area contributed by atoms with Crippen LogP contribution in [0.5, 0.6) is 0 Å². The van der Waals surface area contributed by atoms with Crippen LogP contribution >= 0.6 is 0 Å². The SMILES string of the molecule is CNS(=O)(=O)c1cc(C(=O)OC(C)C(=O)Nc2ccccc2C)n(C)c1. The summed E-state index contributed by atoms with van der Waals surface area (Å²) < 4.78 is 32.3. The monoisotopic (exact) mass is 379 g/mol. The molecule has 0 saturated carbocycles. The molecule has 2 N–H and O–H groups in total. The van der Waals surface area contributed by atoms with Crippen molar-refractivity contribution >= 4 is 27.6 Å². The highest BCUT2D eigenvalue weighted by atomic mass is 32.2. The lowest BCUT2D eigenvalue weighted by atomic mass is 10.2. The van der Waals surface area contributed by atoms with E-state index in [0.717, 1.165) is 5.56 Å². The van der Waals surface area contributed by atoms with Crippen LogP contribution in [0, 0.1) is 6.92 Å². The van der Waals surface area contributed by atoms with Gasteiger partial charge in [0.25, 0.3) is 5.91 Å². The van der Waals surface area contributed by atoms with Crippen LogP contribution in [-0.2, 0) is 26.6 Å². The topological polar surface area (TPSA) is 106 Å². The number of sulfonamides is 1. The molecular weight excluding hydrogens is 358 g/mol. The van der Waals surface area contributed by atoms with Crippen LogP contribution in [-0.4, -0.2) is 38.0 Å². The fourth-order valence-electron chi connectivity index (χ4n) is 2.22. The minimum absolute atomic E-state index is 0.0226. The predicted octanol–water partition coefficient (Wildman–Crippen LogP) is 1.43. The molecule has 0 aliphatic rings. The van der Waals surface area contributed by atoms with E-state index in [2.05, 4.69) is 10.0 Å². The maximum absolute atomic E-state index is 12.3. The Morgan fingerprint density at radius 1 is 1.23 bits per heavy atom. The maximum atomic E-state index is 12.3. The number of benzene rings is 1. The van der Waals surface area contributed by atoms with Gasteiger partial charge in [0, 0.05) is 18.9 Å². The first-order valence-corrected chi connectivity index (χ1v) is 9.31. The molecule has 0 aliphatic heterocycles. The van der Waals surface area contributed by atoms with Crippen LogP contribution < -0.4 is 10.0 Å². The molecule has 2 rings (SSSR count). The summed E-state index contributed by atoms with van der Waals surface area (Å²) in [7, 11) is -0.888. The first-order chi connectivity index (χ1) is 12.2. The van der Waals surface area contributed by atoms with Gasteiger partial charge in [-0.1, -0.05) is 18.2 Å². The minimum Gasteiger partial charge on any atom is -0.448 e. The lowest BCUT2D eigenvalue weighted by Crippen LogP contribution is -2.30. The quantitative estimate of drug-likeness (QED) is 0.739. The molecule has 1 aromatic carbocycles. The van der Waals surface area contributed by atoms with Gasteiger partial charge in [-0.15, -0.1) is 0 Å². The van der Waals surface area contributed by atoms with Crippen LogP contribution in [0.4, 0.5) is 5.69 Å². The van der Waals surface area contributed by atoms with E-state index in [0.29, 0.717) is 5.69 Å². The number of hydrogen-bond acceptors (Lipinski definition) is 5. The normalized spacial score (nSPS) is 12.5. The van der Waals surface area contributed by atoms with Gasteiger partial charge in [0.05, 0.1) is 0 Å². The zero-order valence-electron chi connectivity index (χ0n) is 14.9. The highest BCUT2D eigenvalue weighted by molar-refractivity contribution is 7.89. The first kappa shape index (κ1) is 19.7. The van der Waals surface area contributed by atoms with Gasteiger partial charge >= 0.3 is 5.97 Å². The van der Waals surface area contributed by atoms with Gasteiger partial charge in [0.15, 0.2) is 6.10 Å². The Morgan fingerprint density at radius 3 is 2.50 bits per heavy atom. The largest absolute Gasteiger partial charge is 0.448 e. The molecule has 26 heavy (non-hydrogen) atoms. The van der Waals surface area contributed by atoms with E-state index in [1.54, 1.807) is 12.1 Å². The number of aryl methyl sites for hydroxylation is 2. The van der Waals surface area contributed by atoms with Crippen LogP contribution in [0.3, 0.4) is 0 Å². The Balaban J connectivity index is 2.10. The zero-order valence-corrected chi connectivity index (χ0v) is 15.8. The molecule has 9 heteroatoms. The molecule has 0 spiro atoms. The Morgan fingerprint density at radius 2 is 1.88 bits per heavy atom. The van der Waals surface area contributed by atoms with Crippen molar-refractivity contribution in [3.8, 4) is 0 Å². The second-order valence-electron chi connectivity index (χ2n) is 5.73. The van der Waals surface area contributed by atoms with Crippen molar-refractivity contribution in [3.05, 3.63) is 47.8 Å². The summed E-state index contributed by atoms with van der Waals surface area (Å²) in [4.78, 5) is 24.5. The van der Waals surface area contributed by atoms with E-state index in [9.17, 15) is 18.0 Å². The number of rotatable bonds is 6. The van der Waals surface area contributed by atoms with Crippen molar-refractivity contribution in [1.82, 2.24) is 9.29 Å². The highest BCUT2D eigenvalue weighted by Crippen LogP contribution is 2.16. The van der Waals surface area contributed by atoms with Crippen molar-refractivity contribution in [1.29, 1.82) is 0 Å². The van der Waals surface area contributed by atoms with E-state index >= 15 is 0 Å². The van der Waals surface area contributed by atoms with Crippen molar-refractivity contribution in [2.75, 3.05) is 12.4 Å². The molecule has 0 aliphatic carbocycles. The van der Waals surface area contributed by atoms with Crippen LogP contribution in [0.25, 0.3) is 0 Å². The molecule has 1 heterocycles. The average Bonchev–Trinajstić information content (AvgIpc) is 2.99. The molecule has 8 nitrogen and oxygen atoms in total. The van der Waals surface area contributed by atoms with E-state index in [-0.39, 0.29) is 10.6 Å². The van der Waals surface area contributed by atoms with Gasteiger partial charge in [-0.05, 0) is 38.6 Å². The second-order valence-corrected chi connectivity index (χ2v) is 7.62. The molecule has 1 amide bonds. The highest BCUT2D eigenvalue weighted by Gasteiger charge is 2.24. The number of carbonyl (C=O) groups is 2. The molecule has 1 aromatic heterocycles. The third-order valence-electron chi connectivity index (χ3n) is 3.82. The number of amides is 1. The molecule has 140 valence electrons. The third kappa shape index (κ3) is 4.30. The van der Waals surface area contributed by atoms with E-state index in [1.807, 2.05) is 19.1 Å². The number of para-hydroxylation sites is 1.